The smallest absolute Gasteiger partial charge is 0.237 e. The molecule has 0 radical (unpaired) electrons. The number of benzene rings is 2. The van der Waals surface area contributed by atoms with Crippen molar-refractivity contribution in [1.29, 1.82) is 0 Å². The molecule has 1 fully saturated rings. The van der Waals surface area contributed by atoms with Crippen LogP contribution < -0.4 is 15.8 Å². The van der Waals surface area contributed by atoms with Crippen molar-refractivity contribution in [2.45, 2.75) is 38.5 Å². The van der Waals surface area contributed by atoms with E-state index in [2.05, 4.69) is 5.32 Å². The zero-order valence-electron chi connectivity index (χ0n) is 16.5. The van der Waals surface area contributed by atoms with Gasteiger partial charge in [-0.05, 0) is 61.1 Å². The first kappa shape index (κ1) is 23.1. The number of carbonyl (C=O) groups excluding carboxylic acids is 1. The maximum Gasteiger partial charge on any atom is 0.237 e. The first-order valence-corrected chi connectivity index (χ1v) is 9.64. The summed E-state index contributed by atoms with van der Waals surface area (Å²) in [6.45, 7) is 3.63. The maximum absolute atomic E-state index is 12.9. The molecule has 1 heterocycles. The van der Waals surface area contributed by atoms with Crippen molar-refractivity contribution in [2.24, 2.45) is 11.7 Å². The summed E-state index contributed by atoms with van der Waals surface area (Å²) in [6.07, 6.45) is 1.64. The Morgan fingerprint density at radius 3 is 2.41 bits per heavy atom. The number of nitrogens with one attached hydrogen (secondary N) is 1. The van der Waals surface area contributed by atoms with Crippen molar-refractivity contribution in [3.63, 3.8) is 0 Å². The monoisotopic (exact) mass is 422 g/mol. The molecular weight excluding hydrogens is 395 g/mol. The summed E-state index contributed by atoms with van der Waals surface area (Å²) in [5.41, 5.74) is 8.01. The third-order valence-electron chi connectivity index (χ3n) is 5.13. The minimum Gasteiger partial charge on any atom is -0.489 e. The largest absolute Gasteiger partial charge is 0.489 e. The van der Waals surface area contributed by atoms with E-state index in [1.807, 2.05) is 31.2 Å². The second-order valence-corrected chi connectivity index (χ2v) is 7.19. The van der Waals surface area contributed by atoms with Crippen molar-refractivity contribution in [3.8, 4) is 5.75 Å². The summed E-state index contributed by atoms with van der Waals surface area (Å²) in [5.74, 6) is 0.491. The van der Waals surface area contributed by atoms with Crippen molar-refractivity contribution < 1.29 is 18.7 Å². The van der Waals surface area contributed by atoms with Gasteiger partial charge in [0, 0.05) is 13.2 Å². The summed E-state index contributed by atoms with van der Waals surface area (Å²) in [6, 6.07) is 13.1. The zero-order valence-corrected chi connectivity index (χ0v) is 17.3. The number of hydrogen-bond donors (Lipinski definition) is 2. The van der Waals surface area contributed by atoms with E-state index in [0.29, 0.717) is 25.6 Å². The highest BCUT2D eigenvalue weighted by Gasteiger charge is 2.27. The van der Waals surface area contributed by atoms with Gasteiger partial charge in [0.15, 0.2) is 0 Å². The van der Waals surface area contributed by atoms with E-state index in [4.69, 9.17) is 15.2 Å². The van der Waals surface area contributed by atoms with Crippen molar-refractivity contribution in [3.05, 3.63) is 65.5 Å². The summed E-state index contributed by atoms with van der Waals surface area (Å²) >= 11 is 0. The van der Waals surface area contributed by atoms with Gasteiger partial charge < -0.3 is 20.5 Å². The molecular formula is C22H28ClFN2O3. The molecule has 2 aromatic rings. The Kier molecular flexibility index (Phi) is 8.89. The van der Waals surface area contributed by atoms with Crippen LogP contribution in [0.15, 0.2) is 48.5 Å². The summed E-state index contributed by atoms with van der Waals surface area (Å²) < 4.78 is 24.0. The quantitative estimate of drug-likeness (QED) is 0.712. The minimum absolute atomic E-state index is 0. The van der Waals surface area contributed by atoms with Gasteiger partial charge in [0.1, 0.15) is 18.2 Å². The predicted molar refractivity (Wildman–Crippen MR) is 112 cm³/mol. The highest BCUT2D eigenvalue weighted by atomic mass is 35.5. The maximum atomic E-state index is 12.9. The third kappa shape index (κ3) is 6.70. The molecule has 3 rings (SSSR count). The fourth-order valence-corrected chi connectivity index (χ4v) is 3.28. The first-order valence-electron chi connectivity index (χ1n) is 9.64. The molecule has 0 spiro atoms. The van der Waals surface area contributed by atoms with E-state index in [1.54, 1.807) is 12.1 Å². The number of amides is 1. The van der Waals surface area contributed by atoms with E-state index in [1.165, 1.54) is 12.1 Å². The molecule has 3 N–H and O–H groups in total. The molecule has 2 unspecified atom stereocenters. The van der Waals surface area contributed by atoms with Gasteiger partial charge in [0.25, 0.3) is 0 Å². The molecule has 0 bridgehead atoms. The van der Waals surface area contributed by atoms with E-state index in [-0.39, 0.29) is 36.1 Å². The molecule has 0 aromatic heterocycles. The van der Waals surface area contributed by atoms with Crippen LogP contribution in [0, 0.1) is 11.7 Å². The summed E-state index contributed by atoms with van der Waals surface area (Å²) in [5, 5.41) is 2.99. The molecule has 2 aromatic carbocycles. The first-order chi connectivity index (χ1) is 13.5. The lowest BCUT2D eigenvalue weighted by molar-refractivity contribution is -0.125. The van der Waals surface area contributed by atoms with Gasteiger partial charge in [-0.15, -0.1) is 12.4 Å². The lowest BCUT2D eigenvalue weighted by atomic mass is 9.91. The Morgan fingerprint density at radius 2 is 1.79 bits per heavy atom. The average Bonchev–Trinajstić information content (AvgIpc) is 2.73. The molecule has 1 saturated heterocycles. The number of carbonyl (C=O) groups is 1. The summed E-state index contributed by atoms with van der Waals surface area (Å²) in [4.78, 5) is 12.4. The lowest BCUT2D eigenvalue weighted by Gasteiger charge is -2.28. The number of ether oxygens (including phenoxy) is 2. The van der Waals surface area contributed by atoms with E-state index < -0.39 is 6.04 Å². The van der Waals surface area contributed by atoms with Crippen LogP contribution in [-0.2, 0) is 16.1 Å². The van der Waals surface area contributed by atoms with Crippen molar-refractivity contribution >= 4 is 18.3 Å². The number of halogens is 2. The van der Waals surface area contributed by atoms with Gasteiger partial charge in [-0.25, -0.2) is 4.39 Å². The number of rotatable bonds is 7. The van der Waals surface area contributed by atoms with E-state index in [0.717, 1.165) is 24.0 Å². The van der Waals surface area contributed by atoms with Crippen LogP contribution >= 0.6 is 12.4 Å². The third-order valence-corrected chi connectivity index (χ3v) is 5.13. The molecule has 0 aliphatic carbocycles. The Balaban J connectivity index is 0.00000300. The van der Waals surface area contributed by atoms with Crippen LogP contribution in [0.1, 0.15) is 36.9 Å². The Bertz CT molecular complexity index is 765. The topological polar surface area (TPSA) is 73.6 Å². The van der Waals surface area contributed by atoms with Crippen LogP contribution in [0.5, 0.6) is 5.75 Å². The van der Waals surface area contributed by atoms with E-state index >= 15 is 0 Å². The lowest BCUT2D eigenvalue weighted by Crippen LogP contribution is -2.47. The Hall–Kier alpha value is -2.15. The van der Waals surface area contributed by atoms with Crippen LogP contribution in [0.25, 0.3) is 0 Å². The minimum atomic E-state index is -0.510. The van der Waals surface area contributed by atoms with Crippen LogP contribution in [0.4, 0.5) is 4.39 Å². The molecule has 5 nitrogen and oxygen atoms in total. The molecule has 7 heteroatoms. The van der Waals surface area contributed by atoms with Crippen LogP contribution in [-0.4, -0.2) is 25.2 Å². The van der Waals surface area contributed by atoms with Crippen molar-refractivity contribution in [1.82, 2.24) is 5.32 Å². The second-order valence-electron chi connectivity index (χ2n) is 7.19. The SMILES string of the molecule is CC(NC(=O)C(N)C1CCOCC1)c1ccc(OCc2ccc(F)cc2)cc1.Cl. The molecule has 2 atom stereocenters. The fourth-order valence-electron chi connectivity index (χ4n) is 3.28. The predicted octanol–water partition coefficient (Wildman–Crippen LogP) is 3.76. The Labute approximate surface area is 177 Å². The zero-order chi connectivity index (χ0) is 19.9. The highest BCUT2D eigenvalue weighted by Crippen LogP contribution is 2.21. The molecule has 1 aliphatic heterocycles. The molecule has 1 amide bonds. The molecule has 29 heavy (non-hydrogen) atoms. The van der Waals surface area contributed by atoms with Gasteiger partial charge in [0.2, 0.25) is 5.91 Å². The molecule has 0 saturated carbocycles. The van der Waals surface area contributed by atoms with Crippen LogP contribution in [0.3, 0.4) is 0 Å². The normalized spacial score (nSPS) is 16.4. The van der Waals surface area contributed by atoms with Crippen LogP contribution in [0.2, 0.25) is 0 Å². The summed E-state index contributed by atoms with van der Waals surface area (Å²) in [7, 11) is 0. The van der Waals surface area contributed by atoms with Gasteiger partial charge in [-0.3, -0.25) is 4.79 Å². The molecule has 158 valence electrons. The second kappa shape index (κ2) is 11.1. The number of nitrogens with two attached hydrogens (primary N) is 1. The van der Waals surface area contributed by atoms with Gasteiger partial charge in [-0.2, -0.15) is 0 Å². The standard InChI is InChI=1S/C22H27FN2O3.ClH/c1-15(25-22(26)21(24)18-10-12-27-13-11-18)17-4-8-20(9-5-17)28-14-16-2-6-19(23)7-3-16;/h2-9,15,18,21H,10-14,24H2,1H3,(H,25,26);1H. The highest BCUT2D eigenvalue weighted by molar-refractivity contribution is 5.85. The van der Waals surface area contributed by atoms with E-state index in [9.17, 15) is 9.18 Å². The van der Waals surface area contributed by atoms with Gasteiger partial charge in [0.05, 0.1) is 12.1 Å². The molecule has 1 aliphatic rings. The number of hydrogen-bond acceptors (Lipinski definition) is 4. The van der Waals surface area contributed by atoms with Gasteiger partial charge in [-0.1, -0.05) is 24.3 Å². The average molecular weight is 423 g/mol. The fraction of sp³-hybridized carbons (Fsp3) is 0.409. The van der Waals surface area contributed by atoms with Crippen molar-refractivity contribution in [2.75, 3.05) is 13.2 Å². The van der Waals surface area contributed by atoms with Gasteiger partial charge >= 0.3 is 0 Å². The Morgan fingerprint density at radius 1 is 1.17 bits per heavy atom.